The van der Waals surface area contributed by atoms with E-state index < -0.39 is 5.41 Å². The molecule has 0 spiro atoms. The van der Waals surface area contributed by atoms with E-state index in [0.717, 1.165) is 35.3 Å². The van der Waals surface area contributed by atoms with E-state index in [2.05, 4.69) is 24.5 Å². The van der Waals surface area contributed by atoms with Crippen LogP contribution in [0.3, 0.4) is 0 Å². The van der Waals surface area contributed by atoms with Gasteiger partial charge in [-0.2, -0.15) is 0 Å². The van der Waals surface area contributed by atoms with Crippen molar-refractivity contribution in [3.05, 3.63) is 59.7 Å². The first kappa shape index (κ1) is 17.2. The Balaban J connectivity index is 1.78. The number of nitrogens with one attached hydrogen (secondary N) is 2. The zero-order valence-electron chi connectivity index (χ0n) is 14.8. The molecule has 2 N–H and O–H groups in total. The maximum absolute atomic E-state index is 12.9. The van der Waals surface area contributed by atoms with Crippen molar-refractivity contribution in [3.8, 4) is 0 Å². The molecule has 0 heterocycles. The smallest absolute Gasteiger partial charge is 0.240 e. The van der Waals surface area contributed by atoms with Crippen LogP contribution in [0, 0.1) is 5.41 Å². The molecule has 2 aromatic carbocycles. The largest absolute Gasteiger partial charge is 0.325 e. The van der Waals surface area contributed by atoms with Gasteiger partial charge in [-0.05, 0) is 48.9 Å². The van der Waals surface area contributed by atoms with Crippen molar-refractivity contribution in [1.29, 1.82) is 0 Å². The van der Waals surface area contributed by atoms with Gasteiger partial charge in [0.15, 0.2) is 0 Å². The number of para-hydroxylation sites is 2. The summed E-state index contributed by atoms with van der Waals surface area (Å²) in [7, 11) is 0. The normalized spacial score (nSPS) is 14.6. The molecule has 0 aromatic heterocycles. The van der Waals surface area contributed by atoms with Gasteiger partial charge in [0.2, 0.25) is 11.8 Å². The highest BCUT2D eigenvalue weighted by Gasteiger charge is 2.56. The molecule has 0 atom stereocenters. The molecule has 0 unspecified atom stereocenters. The number of hydrogen-bond acceptors (Lipinski definition) is 2. The fourth-order valence-corrected chi connectivity index (χ4v) is 3.09. The predicted octanol–water partition coefficient (Wildman–Crippen LogP) is 4.17. The van der Waals surface area contributed by atoms with E-state index in [1.807, 2.05) is 48.5 Å². The predicted molar refractivity (Wildman–Crippen MR) is 101 cm³/mol. The minimum Gasteiger partial charge on any atom is -0.325 e. The highest BCUT2D eigenvalue weighted by Crippen LogP contribution is 2.47. The van der Waals surface area contributed by atoms with E-state index in [4.69, 9.17) is 0 Å². The summed E-state index contributed by atoms with van der Waals surface area (Å²) < 4.78 is 0. The molecule has 2 amide bonds. The van der Waals surface area contributed by atoms with Crippen LogP contribution in [0.25, 0.3) is 0 Å². The number of aryl methyl sites for hydroxylation is 2. The fraction of sp³-hybridized carbons (Fsp3) is 0.333. The molecular formula is C21H24N2O2. The lowest BCUT2D eigenvalue weighted by molar-refractivity contribution is -0.131. The van der Waals surface area contributed by atoms with Gasteiger partial charge in [0.25, 0.3) is 0 Å². The fourth-order valence-electron chi connectivity index (χ4n) is 3.09. The number of amides is 2. The Morgan fingerprint density at radius 3 is 1.92 bits per heavy atom. The van der Waals surface area contributed by atoms with Crippen molar-refractivity contribution in [1.82, 2.24) is 0 Å². The van der Waals surface area contributed by atoms with Gasteiger partial charge in [0.05, 0.1) is 0 Å². The van der Waals surface area contributed by atoms with Gasteiger partial charge in [-0.15, -0.1) is 0 Å². The van der Waals surface area contributed by atoms with Crippen LogP contribution >= 0.6 is 0 Å². The monoisotopic (exact) mass is 336 g/mol. The van der Waals surface area contributed by atoms with Crippen molar-refractivity contribution in [3.63, 3.8) is 0 Å². The molecular weight excluding hydrogens is 312 g/mol. The third-order valence-corrected chi connectivity index (χ3v) is 4.89. The van der Waals surface area contributed by atoms with E-state index >= 15 is 0 Å². The Kier molecular flexibility index (Phi) is 4.88. The third kappa shape index (κ3) is 3.43. The average molecular weight is 336 g/mol. The molecule has 1 aliphatic rings. The zero-order valence-corrected chi connectivity index (χ0v) is 14.8. The summed E-state index contributed by atoms with van der Waals surface area (Å²) in [6.07, 6.45) is 2.86. The summed E-state index contributed by atoms with van der Waals surface area (Å²) in [6.45, 7) is 4.14. The average Bonchev–Trinajstić information content (AvgIpc) is 3.44. The second kappa shape index (κ2) is 7.09. The number of anilines is 2. The molecule has 1 fully saturated rings. The molecule has 4 heteroatoms. The van der Waals surface area contributed by atoms with Crippen molar-refractivity contribution in [2.45, 2.75) is 39.5 Å². The summed E-state index contributed by atoms with van der Waals surface area (Å²) in [4.78, 5) is 25.6. The Morgan fingerprint density at radius 2 is 1.40 bits per heavy atom. The minimum atomic E-state index is -0.943. The number of rotatable bonds is 6. The van der Waals surface area contributed by atoms with E-state index in [1.54, 1.807) is 0 Å². The summed E-state index contributed by atoms with van der Waals surface area (Å²) in [5.41, 5.74) is 2.85. The van der Waals surface area contributed by atoms with Crippen molar-refractivity contribution >= 4 is 23.2 Å². The van der Waals surface area contributed by atoms with Crippen LogP contribution in [0.2, 0.25) is 0 Å². The Morgan fingerprint density at radius 1 is 0.840 bits per heavy atom. The molecule has 0 radical (unpaired) electrons. The van der Waals surface area contributed by atoms with Crippen LogP contribution in [0.1, 0.15) is 37.8 Å². The highest BCUT2D eigenvalue weighted by atomic mass is 16.2. The second-order valence-corrected chi connectivity index (χ2v) is 6.51. The van der Waals surface area contributed by atoms with Gasteiger partial charge >= 0.3 is 0 Å². The number of carbonyl (C=O) groups excluding carboxylic acids is 2. The van der Waals surface area contributed by atoms with Crippen molar-refractivity contribution in [2.24, 2.45) is 5.41 Å². The first-order valence-electron chi connectivity index (χ1n) is 8.89. The summed E-state index contributed by atoms with van der Waals surface area (Å²) in [5, 5.41) is 5.92. The van der Waals surface area contributed by atoms with Crippen LogP contribution in [-0.4, -0.2) is 11.8 Å². The molecule has 2 aromatic rings. The van der Waals surface area contributed by atoms with Crippen molar-refractivity contribution < 1.29 is 9.59 Å². The van der Waals surface area contributed by atoms with Crippen LogP contribution in [0.4, 0.5) is 11.4 Å². The molecule has 3 rings (SSSR count). The molecule has 0 aliphatic heterocycles. The Hall–Kier alpha value is -2.62. The second-order valence-electron chi connectivity index (χ2n) is 6.51. The van der Waals surface area contributed by atoms with Gasteiger partial charge < -0.3 is 10.6 Å². The molecule has 0 bridgehead atoms. The topological polar surface area (TPSA) is 58.2 Å². The quantitative estimate of drug-likeness (QED) is 0.778. The van der Waals surface area contributed by atoms with Crippen molar-refractivity contribution in [2.75, 3.05) is 10.6 Å². The number of carbonyl (C=O) groups is 2. The Bertz CT molecular complexity index is 757. The van der Waals surface area contributed by atoms with Gasteiger partial charge in [-0.25, -0.2) is 0 Å². The standard InChI is InChI=1S/C21H24N2O2/c1-3-15-9-8-10-16(4-2)18(15)23-20(25)21(13-14-21)19(24)22-17-11-6-5-7-12-17/h5-12H,3-4,13-14H2,1-2H3,(H,22,24)(H,23,25). The minimum absolute atomic E-state index is 0.198. The summed E-state index contributed by atoms with van der Waals surface area (Å²) >= 11 is 0. The van der Waals surface area contributed by atoms with Crippen LogP contribution in [0.15, 0.2) is 48.5 Å². The number of hydrogen-bond donors (Lipinski definition) is 2. The molecule has 130 valence electrons. The molecule has 1 aliphatic carbocycles. The first-order chi connectivity index (χ1) is 12.1. The molecule has 25 heavy (non-hydrogen) atoms. The SMILES string of the molecule is CCc1cccc(CC)c1NC(=O)C1(C(=O)Nc2ccccc2)CC1. The van der Waals surface area contributed by atoms with Gasteiger partial charge in [-0.1, -0.05) is 50.2 Å². The molecule has 4 nitrogen and oxygen atoms in total. The van der Waals surface area contributed by atoms with E-state index in [9.17, 15) is 9.59 Å². The van der Waals surface area contributed by atoms with E-state index in [1.165, 1.54) is 0 Å². The lowest BCUT2D eigenvalue weighted by Gasteiger charge is -2.19. The summed E-state index contributed by atoms with van der Waals surface area (Å²) in [6, 6.07) is 15.3. The Labute approximate surface area is 148 Å². The lowest BCUT2D eigenvalue weighted by atomic mass is 10.0. The van der Waals surface area contributed by atoms with E-state index in [-0.39, 0.29) is 11.8 Å². The third-order valence-electron chi connectivity index (χ3n) is 4.89. The molecule has 0 saturated heterocycles. The lowest BCUT2D eigenvalue weighted by Crippen LogP contribution is -2.36. The van der Waals surface area contributed by atoms with Crippen LogP contribution in [-0.2, 0) is 22.4 Å². The maximum Gasteiger partial charge on any atom is 0.240 e. The van der Waals surface area contributed by atoms with Gasteiger partial charge in [-0.3, -0.25) is 9.59 Å². The van der Waals surface area contributed by atoms with E-state index in [0.29, 0.717) is 12.8 Å². The maximum atomic E-state index is 12.9. The zero-order chi connectivity index (χ0) is 17.9. The van der Waals surface area contributed by atoms with Gasteiger partial charge in [0.1, 0.15) is 5.41 Å². The van der Waals surface area contributed by atoms with Crippen LogP contribution < -0.4 is 10.6 Å². The summed E-state index contributed by atoms with van der Waals surface area (Å²) in [5.74, 6) is -0.417. The number of benzene rings is 2. The van der Waals surface area contributed by atoms with Crippen LogP contribution in [0.5, 0.6) is 0 Å². The van der Waals surface area contributed by atoms with Gasteiger partial charge in [0, 0.05) is 11.4 Å². The highest BCUT2D eigenvalue weighted by molar-refractivity contribution is 6.17. The molecule has 1 saturated carbocycles. The first-order valence-corrected chi connectivity index (χ1v) is 8.89.